The van der Waals surface area contributed by atoms with E-state index in [9.17, 15) is 5.11 Å². The molecule has 1 aliphatic rings. The maximum absolute atomic E-state index is 11.1. The Morgan fingerprint density at radius 1 is 1.00 bits per heavy atom. The molecule has 2 atom stereocenters. The molecule has 4 nitrogen and oxygen atoms in total. The van der Waals surface area contributed by atoms with Crippen LogP contribution in [0.1, 0.15) is 36.5 Å². The van der Waals surface area contributed by atoms with Crippen molar-refractivity contribution in [3.05, 3.63) is 65.7 Å². The van der Waals surface area contributed by atoms with E-state index in [-0.39, 0.29) is 5.92 Å². The van der Waals surface area contributed by atoms with Gasteiger partial charge >= 0.3 is 0 Å². The molecule has 1 aliphatic heterocycles. The molecule has 2 aromatic rings. The van der Waals surface area contributed by atoms with E-state index in [2.05, 4.69) is 24.0 Å². The first kappa shape index (κ1) is 18.9. The van der Waals surface area contributed by atoms with Gasteiger partial charge in [-0.25, -0.2) is 0 Å². The van der Waals surface area contributed by atoms with Crippen LogP contribution < -0.4 is 4.74 Å². The molecule has 1 fully saturated rings. The number of rotatable bonds is 8. The van der Waals surface area contributed by atoms with Crippen molar-refractivity contribution in [2.45, 2.75) is 25.4 Å². The third kappa shape index (κ3) is 5.07. The van der Waals surface area contributed by atoms with E-state index >= 15 is 0 Å². The molecule has 1 saturated heterocycles. The minimum Gasteiger partial charge on any atom is -0.494 e. The standard InChI is InChI=1S/C22H29NO3/c1-2-14-26-20-10-8-19(9-11-20)22(24)21(18-6-4-3-5-7-18)17-23-12-15-25-16-13-23/h3-11,21-22,24H,2,12-17H2,1H3/t21-,22+/m1/s1. The predicted molar refractivity (Wildman–Crippen MR) is 104 cm³/mol. The van der Waals surface area contributed by atoms with Crippen LogP contribution in [0.5, 0.6) is 5.75 Å². The molecule has 1 N–H and O–H groups in total. The number of nitrogens with zero attached hydrogens (tertiary/aromatic N) is 1. The normalized spacial score (nSPS) is 17.6. The van der Waals surface area contributed by atoms with Crippen LogP contribution in [0.15, 0.2) is 54.6 Å². The highest BCUT2D eigenvalue weighted by Crippen LogP contribution is 2.32. The quantitative estimate of drug-likeness (QED) is 0.785. The molecule has 26 heavy (non-hydrogen) atoms. The van der Waals surface area contributed by atoms with Gasteiger partial charge < -0.3 is 14.6 Å². The van der Waals surface area contributed by atoms with Gasteiger partial charge in [0.05, 0.1) is 25.9 Å². The van der Waals surface area contributed by atoms with Crippen molar-refractivity contribution in [2.75, 3.05) is 39.5 Å². The minimum atomic E-state index is -0.555. The van der Waals surface area contributed by atoms with Crippen molar-refractivity contribution in [2.24, 2.45) is 0 Å². The van der Waals surface area contributed by atoms with E-state index in [1.165, 1.54) is 0 Å². The van der Waals surface area contributed by atoms with Gasteiger partial charge in [-0.2, -0.15) is 0 Å². The molecule has 0 aliphatic carbocycles. The second-order valence-electron chi connectivity index (χ2n) is 6.79. The Kier molecular flexibility index (Phi) is 7.06. The molecular weight excluding hydrogens is 326 g/mol. The zero-order valence-electron chi connectivity index (χ0n) is 15.5. The van der Waals surface area contributed by atoms with Gasteiger partial charge in [0.2, 0.25) is 0 Å². The van der Waals surface area contributed by atoms with Gasteiger partial charge in [0, 0.05) is 25.6 Å². The van der Waals surface area contributed by atoms with Gasteiger partial charge in [-0.3, -0.25) is 4.90 Å². The molecule has 0 saturated carbocycles. The predicted octanol–water partition coefficient (Wildman–Crippen LogP) is 3.62. The van der Waals surface area contributed by atoms with E-state index in [0.717, 1.165) is 56.1 Å². The van der Waals surface area contributed by atoms with E-state index in [4.69, 9.17) is 9.47 Å². The monoisotopic (exact) mass is 355 g/mol. The molecule has 0 spiro atoms. The molecule has 0 aromatic heterocycles. The Hall–Kier alpha value is -1.88. The van der Waals surface area contributed by atoms with Crippen molar-refractivity contribution in [3.63, 3.8) is 0 Å². The average Bonchev–Trinajstić information content (AvgIpc) is 2.72. The van der Waals surface area contributed by atoms with Crippen molar-refractivity contribution in [1.29, 1.82) is 0 Å². The number of ether oxygens (including phenoxy) is 2. The van der Waals surface area contributed by atoms with Crippen LogP contribution in [0.25, 0.3) is 0 Å². The van der Waals surface area contributed by atoms with Crippen molar-refractivity contribution >= 4 is 0 Å². The van der Waals surface area contributed by atoms with E-state index < -0.39 is 6.10 Å². The fraction of sp³-hybridized carbons (Fsp3) is 0.455. The van der Waals surface area contributed by atoms with Crippen LogP contribution in [0.4, 0.5) is 0 Å². The van der Waals surface area contributed by atoms with Crippen LogP contribution >= 0.6 is 0 Å². The van der Waals surface area contributed by atoms with Gasteiger partial charge in [0.15, 0.2) is 0 Å². The summed E-state index contributed by atoms with van der Waals surface area (Å²) in [5.41, 5.74) is 2.09. The first-order valence-corrected chi connectivity index (χ1v) is 9.54. The van der Waals surface area contributed by atoms with E-state index in [1.807, 2.05) is 42.5 Å². The van der Waals surface area contributed by atoms with Crippen LogP contribution in [0.2, 0.25) is 0 Å². The first-order valence-electron chi connectivity index (χ1n) is 9.54. The lowest BCUT2D eigenvalue weighted by molar-refractivity contribution is 0.0240. The number of morpholine rings is 1. The maximum atomic E-state index is 11.1. The number of aliphatic hydroxyl groups excluding tert-OH is 1. The first-order chi connectivity index (χ1) is 12.8. The third-order valence-electron chi connectivity index (χ3n) is 4.86. The molecule has 1 heterocycles. The fourth-order valence-corrected chi connectivity index (χ4v) is 3.36. The summed E-state index contributed by atoms with van der Waals surface area (Å²) in [6.45, 7) is 6.99. The van der Waals surface area contributed by atoms with Gasteiger partial charge in [-0.05, 0) is 29.7 Å². The molecule has 0 amide bonds. The Balaban J connectivity index is 1.76. The van der Waals surface area contributed by atoms with Crippen molar-refractivity contribution in [3.8, 4) is 5.75 Å². The Morgan fingerprint density at radius 2 is 1.69 bits per heavy atom. The van der Waals surface area contributed by atoms with Gasteiger partial charge in [0.1, 0.15) is 5.75 Å². The molecule has 140 valence electrons. The third-order valence-corrected chi connectivity index (χ3v) is 4.86. The van der Waals surface area contributed by atoms with Crippen molar-refractivity contribution in [1.82, 2.24) is 4.90 Å². The Labute approximate surface area is 156 Å². The van der Waals surface area contributed by atoms with Crippen molar-refractivity contribution < 1.29 is 14.6 Å². The SMILES string of the molecule is CCCOc1ccc([C@H](O)[C@H](CN2CCOCC2)c2ccccc2)cc1. The molecule has 4 heteroatoms. The van der Waals surface area contributed by atoms with Crippen LogP contribution in [-0.4, -0.2) is 49.5 Å². The largest absolute Gasteiger partial charge is 0.494 e. The van der Waals surface area contributed by atoms with Gasteiger partial charge in [-0.1, -0.05) is 49.4 Å². The lowest BCUT2D eigenvalue weighted by atomic mass is 9.88. The summed E-state index contributed by atoms with van der Waals surface area (Å²) in [7, 11) is 0. The van der Waals surface area contributed by atoms with Gasteiger partial charge in [-0.15, -0.1) is 0 Å². The second-order valence-corrected chi connectivity index (χ2v) is 6.79. The highest BCUT2D eigenvalue weighted by molar-refractivity contribution is 5.32. The summed E-state index contributed by atoms with van der Waals surface area (Å²) >= 11 is 0. The Morgan fingerprint density at radius 3 is 2.35 bits per heavy atom. The minimum absolute atomic E-state index is 0.0247. The zero-order chi connectivity index (χ0) is 18.2. The van der Waals surface area contributed by atoms with E-state index in [0.29, 0.717) is 6.61 Å². The zero-order valence-corrected chi connectivity index (χ0v) is 15.5. The summed E-state index contributed by atoms with van der Waals surface area (Å²) in [6.07, 6.45) is 0.431. The molecule has 0 unspecified atom stereocenters. The Bertz CT molecular complexity index is 638. The fourth-order valence-electron chi connectivity index (χ4n) is 3.36. The highest BCUT2D eigenvalue weighted by atomic mass is 16.5. The summed E-state index contributed by atoms with van der Waals surface area (Å²) in [5.74, 6) is 0.879. The van der Waals surface area contributed by atoms with Crippen LogP contribution in [0.3, 0.4) is 0 Å². The maximum Gasteiger partial charge on any atom is 0.119 e. The molecule has 2 aromatic carbocycles. The van der Waals surface area contributed by atoms with E-state index in [1.54, 1.807) is 0 Å². The molecule has 3 rings (SSSR count). The van der Waals surface area contributed by atoms with Gasteiger partial charge in [0.25, 0.3) is 0 Å². The lowest BCUT2D eigenvalue weighted by Crippen LogP contribution is -2.39. The molecule has 0 radical (unpaired) electrons. The lowest BCUT2D eigenvalue weighted by Gasteiger charge is -2.33. The summed E-state index contributed by atoms with van der Waals surface area (Å²) in [6, 6.07) is 18.2. The van der Waals surface area contributed by atoms with Crippen LogP contribution in [-0.2, 0) is 4.74 Å². The molecular formula is C22H29NO3. The number of hydrogen-bond acceptors (Lipinski definition) is 4. The number of benzene rings is 2. The average molecular weight is 355 g/mol. The van der Waals surface area contributed by atoms with Crippen LogP contribution in [0, 0.1) is 0 Å². The second kappa shape index (κ2) is 9.72. The molecule has 0 bridgehead atoms. The highest BCUT2D eigenvalue weighted by Gasteiger charge is 2.26. The smallest absolute Gasteiger partial charge is 0.119 e. The topological polar surface area (TPSA) is 41.9 Å². The number of hydrogen-bond donors (Lipinski definition) is 1. The summed E-state index contributed by atoms with van der Waals surface area (Å²) in [5, 5.41) is 11.1. The summed E-state index contributed by atoms with van der Waals surface area (Å²) in [4.78, 5) is 2.38. The summed E-state index contributed by atoms with van der Waals surface area (Å²) < 4.78 is 11.1. The number of aliphatic hydroxyl groups is 1.